The normalized spacial score (nSPS) is 23.2. The second-order valence-corrected chi connectivity index (χ2v) is 27.3. The molecule has 78 heavy (non-hydrogen) atoms. The lowest BCUT2D eigenvalue weighted by atomic mass is 9.46. The number of benzene rings is 19. The lowest BCUT2D eigenvalue weighted by molar-refractivity contribution is -0.143. The Balaban J connectivity index is 1.07. The van der Waals surface area contributed by atoms with Crippen LogP contribution >= 0.6 is 0 Å². The number of rotatable bonds is 5. The summed E-state index contributed by atoms with van der Waals surface area (Å²) in [6, 6.07) is 10.4. The quantitative estimate of drug-likeness (QED) is 0.133. The van der Waals surface area contributed by atoms with Gasteiger partial charge >= 0.3 is 5.97 Å². The summed E-state index contributed by atoms with van der Waals surface area (Å²) in [6.45, 7) is 1.96. The van der Waals surface area contributed by atoms with E-state index in [-0.39, 0.29) is 25.1 Å². The molecule has 4 aliphatic carbocycles. The summed E-state index contributed by atoms with van der Waals surface area (Å²) in [5.41, 5.74) is 5.51. The van der Waals surface area contributed by atoms with E-state index < -0.39 is 22.8 Å². The van der Waals surface area contributed by atoms with Gasteiger partial charge in [-0.05, 0) is 326 Å². The van der Waals surface area contributed by atoms with Crippen LogP contribution in [0.4, 0.5) is 0 Å². The lowest BCUT2D eigenvalue weighted by Gasteiger charge is -2.53. The van der Waals surface area contributed by atoms with Gasteiger partial charge in [0.05, 0.1) is 17.4 Å². The van der Waals surface area contributed by atoms with E-state index in [1.165, 1.54) is 146 Å². The Hall–Kier alpha value is -9.42. The molecule has 0 aromatic heterocycles. The minimum absolute atomic E-state index is 0.0987. The van der Waals surface area contributed by atoms with Crippen LogP contribution in [0.5, 0.6) is 0 Å². The SMILES string of the molecule is CCOC(=O)CNC(=O)[C@@H]1N[C@@H](c2ccccc2)C23c4c5c6c7c8c9c(c%10c%11c2c2c4c4c%12c5c5c6c6c8c8c%13c9c9c%10c%10c%11c%11c2c2c4c4c%12c%12c5c5c6c8c6c8c%13c9c9c%10c%10c%11c2c2c4c4c%12c5c6c5c8c9c%10c2c45)C713. The van der Waals surface area contributed by atoms with E-state index in [1.807, 2.05) is 6.92 Å². The highest BCUT2D eigenvalue weighted by molar-refractivity contribution is 6.82. The topological polar surface area (TPSA) is 67.4 Å². The van der Waals surface area contributed by atoms with Crippen LogP contribution in [0, 0.1) is 0 Å². The van der Waals surface area contributed by atoms with Gasteiger partial charge in [-0.2, -0.15) is 0 Å². The number of carbonyl (C=O) groups excluding carboxylic acids is 2. The van der Waals surface area contributed by atoms with Crippen molar-refractivity contribution in [3.63, 3.8) is 0 Å². The first-order valence-corrected chi connectivity index (χ1v) is 28.7. The van der Waals surface area contributed by atoms with Crippen molar-refractivity contribution in [2.45, 2.75) is 29.8 Å². The Morgan fingerprint density at radius 3 is 0.833 bits per heavy atom. The first kappa shape index (κ1) is 31.0. The molecule has 0 bridgehead atoms. The number of nitrogens with one attached hydrogen (secondary N) is 2. The van der Waals surface area contributed by atoms with Crippen molar-refractivity contribution in [2.24, 2.45) is 0 Å². The van der Waals surface area contributed by atoms with E-state index in [0.717, 1.165) is 0 Å². The Morgan fingerprint density at radius 1 is 0.359 bits per heavy atom. The van der Waals surface area contributed by atoms with Gasteiger partial charge in [0.2, 0.25) is 5.91 Å². The zero-order chi connectivity index (χ0) is 47.4. The predicted octanol–water partition coefficient (Wildman–Crippen LogP) is 16.7. The maximum Gasteiger partial charge on any atom is 0.325 e. The number of hydrogen-bond acceptors (Lipinski definition) is 4. The van der Waals surface area contributed by atoms with Crippen molar-refractivity contribution in [1.82, 2.24) is 10.6 Å². The van der Waals surface area contributed by atoms with Crippen LogP contribution < -0.4 is 10.6 Å². The Kier molecular flexibility index (Phi) is 2.93. The van der Waals surface area contributed by atoms with Crippen molar-refractivity contribution in [1.29, 1.82) is 0 Å². The molecule has 1 fully saturated rings. The van der Waals surface area contributed by atoms with Crippen LogP contribution in [0.2, 0.25) is 0 Å². The van der Waals surface area contributed by atoms with Crippen molar-refractivity contribution in [2.75, 3.05) is 13.2 Å². The number of esters is 1. The molecular weight excluding hydrogens is 953 g/mol. The molecule has 1 aliphatic heterocycles. The number of carbonyl (C=O) groups is 2. The third-order valence-corrected chi connectivity index (χ3v) is 26.8. The Morgan fingerprint density at radius 2 is 0.590 bits per heavy atom. The molecule has 0 unspecified atom stereocenters. The van der Waals surface area contributed by atoms with Crippen molar-refractivity contribution in [3.8, 4) is 0 Å². The fraction of sp³-hybridized carbons (Fsp3) is 0.0959. The molecule has 1 amide bonds. The third-order valence-electron chi connectivity index (χ3n) is 26.8. The summed E-state index contributed by atoms with van der Waals surface area (Å²) in [5, 5.41) is 91.0. The molecule has 34 rings (SSSR count). The Labute approximate surface area is 426 Å². The molecule has 2 spiro atoms. The second kappa shape index (κ2) is 7.37. The van der Waals surface area contributed by atoms with Gasteiger partial charge < -0.3 is 10.1 Å². The first-order chi connectivity index (χ1) is 38.7. The summed E-state index contributed by atoms with van der Waals surface area (Å²) < 4.78 is 5.61. The van der Waals surface area contributed by atoms with Gasteiger partial charge in [0.25, 0.3) is 0 Å². The van der Waals surface area contributed by atoms with Gasteiger partial charge in [0, 0.05) is 6.04 Å². The molecule has 1 heterocycles. The average molecular weight is 969 g/mol. The van der Waals surface area contributed by atoms with E-state index >= 15 is 4.79 Å². The standard InChI is InChI=1S/C73H16N2O3/c1-2-78-10(76)8-74-71(77)70-73-67-61-51-41-31-23-15-12-11-13-17-19(15)27-33-25(17)35-29-21(13)22-14(11)18-20-16(12)24(23)32-38-28(20)34-26(18)36-30(22)40-39(29)49-43(35)53-47(33)55(45(51)37(27)31)63(67)59(53)65-57(49)58-50(40)44(36)54-48(34)56-46(38)52(42(32)41)62(61)68(73)64(56)60(54)66(58)72(65,73)69(75-70)9-6-4-3-5-7-9/h3-7,69-70,75H,2,8H2,1H3,(H,74,77)/t69-,70-,72?,73?/m0/s1. The highest BCUT2D eigenvalue weighted by atomic mass is 16.5. The summed E-state index contributed by atoms with van der Waals surface area (Å²) in [5.74, 6) is -0.491. The van der Waals surface area contributed by atoms with Crippen LogP contribution in [-0.4, -0.2) is 31.1 Å². The van der Waals surface area contributed by atoms with Gasteiger partial charge in [-0.3, -0.25) is 14.9 Å². The van der Waals surface area contributed by atoms with Crippen LogP contribution in [-0.2, 0) is 25.2 Å². The van der Waals surface area contributed by atoms with Crippen molar-refractivity contribution < 1.29 is 14.3 Å². The molecule has 2 atom stereocenters. The first-order valence-electron chi connectivity index (χ1n) is 28.7. The second-order valence-electron chi connectivity index (χ2n) is 27.3. The molecule has 2 N–H and O–H groups in total. The summed E-state index contributed by atoms with van der Waals surface area (Å²) in [7, 11) is 0. The number of ether oxygens (including phenoxy) is 1. The highest BCUT2D eigenvalue weighted by Gasteiger charge is 2.78. The van der Waals surface area contributed by atoms with Crippen LogP contribution in [0.1, 0.15) is 40.8 Å². The highest BCUT2D eigenvalue weighted by Crippen LogP contribution is 2.87. The molecule has 29 aromatic carbocycles. The molecular formula is C73H16N2O3. The lowest BCUT2D eigenvalue weighted by Crippen LogP contribution is -2.59. The molecule has 0 radical (unpaired) electrons. The Bertz CT molecular complexity index is 7520. The summed E-state index contributed by atoms with van der Waals surface area (Å²) >= 11 is 0. The molecule has 336 valence electrons. The third kappa shape index (κ3) is 1.76. The zero-order valence-corrected chi connectivity index (χ0v) is 40.2. The maximum absolute atomic E-state index is 16.7. The molecule has 5 nitrogen and oxygen atoms in total. The zero-order valence-electron chi connectivity index (χ0n) is 40.2. The van der Waals surface area contributed by atoms with E-state index in [4.69, 9.17) is 4.74 Å². The van der Waals surface area contributed by atoms with Gasteiger partial charge in [-0.25, -0.2) is 0 Å². The van der Waals surface area contributed by atoms with Gasteiger partial charge in [-0.15, -0.1) is 0 Å². The largest absolute Gasteiger partial charge is 0.465 e. The predicted molar refractivity (Wildman–Crippen MR) is 320 cm³/mol. The van der Waals surface area contributed by atoms with E-state index in [1.54, 1.807) is 172 Å². The van der Waals surface area contributed by atoms with E-state index in [0.29, 0.717) is 0 Å². The number of amides is 1. The molecule has 5 heteroatoms. The average Bonchev–Trinajstić information content (AvgIpc) is 1.78. The van der Waals surface area contributed by atoms with E-state index in [2.05, 4.69) is 41.0 Å². The van der Waals surface area contributed by atoms with Gasteiger partial charge in [0.15, 0.2) is 0 Å². The minimum Gasteiger partial charge on any atom is -0.465 e. The number of hydrogen-bond donors (Lipinski definition) is 2. The van der Waals surface area contributed by atoms with Crippen LogP contribution in [0.15, 0.2) is 30.3 Å². The maximum atomic E-state index is 16.7. The monoisotopic (exact) mass is 968 g/mol. The van der Waals surface area contributed by atoms with Crippen LogP contribution in [0.3, 0.4) is 0 Å². The van der Waals surface area contributed by atoms with Crippen molar-refractivity contribution in [3.05, 3.63) is 58.1 Å². The molecule has 5 aliphatic rings. The molecule has 1 saturated heterocycles. The van der Waals surface area contributed by atoms with E-state index in [9.17, 15) is 4.79 Å². The van der Waals surface area contributed by atoms with Gasteiger partial charge in [-0.1, -0.05) is 30.3 Å². The summed E-state index contributed by atoms with van der Waals surface area (Å²) in [4.78, 5) is 30.3. The van der Waals surface area contributed by atoms with Gasteiger partial charge in [0.1, 0.15) is 12.6 Å². The fourth-order valence-corrected chi connectivity index (χ4v) is 26.6. The summed E-state index contributed by atoms with van der Waals surface area (Å²) in [6.07, 6.45) is 0. The molecule has 29 aromatic rings. The molecule has 0 saturated carbocycles. The van der Waals surface area contributed by atoms with Crippen molar-refractivity contribution >= 4 is 303 Å². The fourth-order valence-electron chi connectivity index (χ4n) is 26.6. The smallest absolute Gasteiger partial charge is 0.325 e. The minimum atomic E-state index is -0.877. The van der Waals surface area contributed by atoms with Crippen LogP contribution in [0.25, 0.3) is 291 Å².